The van der Waals surface area contributed by atoms with Crippen molar-refractivity contribution < 1.29 is 17.2 Å². The van der Waals surface area contributed by atoms with Crippen molar-refractivity contribution in [2.45, 2.75) is 19.8 Å². The fourth-order valence-corrected chi connectivity index (χ4v) is 1.90. The Kier molecular flexibility index (Phi) is 3.26. The number of hydrogen-bond donors (Lipinski definition) is 0. The minimum absolute atomic E-state index is 0.666. The summed E-state index contributed by atoms with van der Waals surface area (Å²) >= 11 is 0. The molecule has 0 fully saturated rings. The zero-order valence-electron chi connectivity index (χ0n) is 6.14. The van der Waals surface area contributed by atoms with Crippen molar-refractivity contribution >= 4 is 19.7 Å². The predicted octanol–water partition coefficient (Wildman–Crippen LogP) is 1.85. The second-order valence-corrected chi connectivity index (χ2v) is 5.38. The van der Waals surface area contributed by atoms with Crippen molar-refractivity contribution in [3.63, 3.8) is 0 Å². The molecule has 0 radical (unpaired) electrons. The summed E-state index contributed by atoms with van der Waals surface area (Å²) < 4.78 is 45.3. The van der Waals surface area contributed by atoms with E-state index in [1.807, 2.05) is 0 Å². The van der Waals surface area contributed by atoms with E-state index in [0.29, 0.717) is 6.92 Å². The molecule has 0 aromatic carbocycles. The van der Waals surface area contributed by atoms with E-state index in [2.05, 4.69) is 0 Å². The van der Waals surface area contributed by atoms with Crippen LogP contribution in [0.5, 0.6) is 0 Å². The SMILES string of the molecule is CC(CS(=O)(=O)Cl)C(C)(F)F. The first-order valence-corrected chi connectivity index (χ1v) is 5.41. The molecule has 11 heavy (non-hydrogen) atoms. The average molecular weight is 207 g/mol. The summed E-state index contributed by atoms with van der Waals surface area (Å²) in [7, 11) is 0.959. The molecule has 0 aliphatic carbocycles. The molecule has 2 nitrogen and oxygen atoms in total. The number of halogens is 3. The van der Waals surface area contributed by atoms with Crippen LogP contribution in [0, 0.1) is 5.92 Å². The highest BCUT2D eigenvalue weighted by molar-refractivity contribution is 8.13. The molecule has 0 amide bonds. The molecule has 0 saturated heterocycles. The zero-order chi connectivity index (χ0) is 9.28. The van der Waals surface area contributed by atoms with E-state index in [0.717, 1.165) is 6.92 Å². The van der Waals surface area contributed by atoms with Crippen molar-refractivity contribution in [1.29, 1.82) is 0 Å². The first-order valence-electron chi connectivity index (χ1n) is 2.93. The Bertz CT molecular complexity index is 219. The van der Waals surface area contributed by atoms with Gasteiger partial charge in [-0.2, -0.15) is 0 Å². The lowest BCUT2D eigenvalue weighted by Crippen LogP contribution is -2.26. The summed E-state index contributed by atoms with van der Waals surface area (Å²) in [4.78, 5) is 0. The summed E-state index contributed by atoms with van der Waals surface area (Å²) in [5.41, 5.74) is 0. The van der Waals surface area contributed by atoms with Crippen molar-refractivity contribution in [2.75, 3.05) is 5.75 Å². The second kappa shape index (κ2) is 3.23. The molecule has 0 N–H and O–H groups in total. The van der Waals surface area contributed by atoms with Crippen molar-refractivity contribution in [3.8, 4) is 0 Å². The van der Waals surface area contributed by atoms with Gasteiger partial charge in [0.25, 0.3) is 0 Å². The zero-order valence-corrected chi connectivity index (χ0v) is 7.72. The highest BCUT2D eigenvalue weighted by atomic mass is 35.7. The number of rotatable bonds is 3. The molecule has 0 heterocycles. The molecule has 0 rings (SSSR count). The van der Waals surface area contributed by atoms with Crippen LogP contribution < -0.4 is 0 Å². The van der Waals surface area contributed by atoms with Gasteiger partial charge in [0.2, 0.25) is 15.0 Å². The fourth-order valence-electron chi connectivity index (χ4n) is 0.445. The molecular formula is C5H9ClF2O2S. The molecule has 0 aromatic rings. The average Bonchev–Trinajstić information content (AvgIpc) is 1.56. The number of hydrogen-bond acceptors (Lipinski definition) is 2. The maximum absolute atomic E-state index is 12.3. The highest BCUT2D eigenvalue weighted by Gasteiger charge is 2.33. The smallest absolute Gasteiger partial charge is 0.212 e. The minimum atomic E-state index is -3.81. The van der Waals surface area contributed by atoms with E-state index in [-0.39, 0.29) is 0 Å². The first kappa shape index (κ1) is 11.1. The molecular weight excluding hydrogens is 198 g/mol. The summed E-state index contributed by atoms with van der Waals surface area (Å²) in [6, 6.07) is 0. The third-order valence-corrected chi connectivity index (χ3v) is 2.59. The maximum Gasteiger partial charge on any atom is 0.248 e. The van der Waals surface area contributed by atoms with Crippen molar-refractivity contribution in [2.24, 2.45) is 5.92 Å². The Morgan fingerprint density at radius 2 is 1.91 bits per heavy atom. The summed E-state index contributed by atoms with van der Waals surface area (Å²) in [6.07, 6.45) is 0. The Hall–Kier alpha value is 0.1000. The first-order chi connectivity index (χ1) is 4.63. The van der Waals surface area contributed by atoms with Gasteiger partial charge in [-0.15, -0.1) is 0 Å². The van der Waals surface area contributed by atoms with Crippen LogP contribution >= 0.6 is 10.7 Å². The fraction of sp³-hybridized carbons (Fsp3) is 1.00. The van der Waals surface area contributed by atoms with E-state index in [1.54, 1.807) is 0 Å². The summed E-state index contributed by atoms with van der Waals surface area (Å²) in [5.74, 6) is -4.94. The Balaban J connectivity index is 4.21. The molecule has 0 bridgehead atoms. The van der Waals surface area contributed by atoms with Crippen LogP contribution in [-0.2, 0) is 9.05 Å². The van der Waals surface area contributed by atoms with Gasteiger partial charge >= 0.3 is 0 Å². The van der Waals surface area contributed by atoms with E-state index in [9.17, 15) is 17.2 Å². The summed E-state index contributed by atoms with van der Waals surface area (Å²) in [5, 5.41) is 0. The second-order valence-electron chi connectivity index (χ2n) is 2.56. The lowest BCUT2D eigenvalue weighted by atomic mass is 10.1. The quantitative estimate of drug-likeness (QED) is 0.661. The van der Waals surface area contributed by atoms with Gasteiger partial charge in [-0.1, -0.05) is 6.92 Å². The van der Waals surface area contributed by atoms with Crippen LogP contribution in [-0.4, -0.2) is 20.1 Å². The predicted molar refractivity (Wildman–Crippen MR) is 39.4 cm³/mol. The lowest BCUT2D eigenvalue weighted by molar-refractivity contribution is -0.0237. The molecule has 0 aromatic heterocycles. The molecule has 0 aliphatic rings. The van der Waals surface area contributed by atoms with Crippen LogP contribution in [0.1, 0.15) is 13.8 Å². The lowest BCUT2D eigenvalue weighted by Gasteiger charge is -2.16. The third kappa shape index (κ3) is 5.38. The highest BCUT2D eigenvalue weighted by Crippen LogP contribution is 2.25. The van der Waals surface area contributed by atoms with Crippen molar-refractivity contribution in [3.05, 3.63) is 0 Å². The van der Waals surface area contributed by atoms with Gasteiger partial charge in [-0.05, 0) is 6.92 Å². The molecule has 6 heteroatoms. The van der Waals surface area contributed by atoms with Gasteiger partial charge in [0, 0.05) is 16.6 Å². The van der Waals surface area contributed by atoms with Gasteiger partial charge in [-0.3, -0.25) is 0 Å². The number of alkyl halides is 2. The Labute approximate surface area is 69.0 Å². The molecule has 0 saturated carbocycles. The van der Waals surface area contributed by atoms with E-state index >= 15 is 0 Å². The van der Waals surface area contributed by atoms with Gasteiger partial charge in [-0.25, -0.2) is 17.2 Å². The van der Waals surface area contributed by atoms with Crippen LogP contribution in [0.4, 0.5) is 8.78 Å². The van der Waals surface area contributed by atoms with Crippen molar-refractivity contribution in [1.82, 2.24) is 0 Å². The molecule has 0 aliphatic heterocycles. The van der Waals surface area contributed by atoms with Crippen LogP contribution in [0.25, 0.3) is 0 Å². The molecule has 1 atom stereocenters. The van der Waals surface area contributed by atoms with Gasteiger partial charge in [0.15, 0.2) is 0 Å². The molecule has 0 spiro atoms. The van der Waals surface area contributed by atoms with Crippen LogP contribution in [0.15, 0.2) is 0 Å². The van der Waals surface area contributed by atoms with E-state index in [1.165, 1.54) is 0 Å². The van der Waals surface area contributed by atoms with E-state index in [4.69, 9.17) is 10.7 Å². The van der Waals surface area contributed by atoms with Crippen LogP contribution in [0.2, 0.25) is 0 Å². The third-order valence-electron chi connectivity index (χ3n) is 1.31. The Morgan fingerprint density at radius 3 is 2.00 bits per heavy atom. The van der Waals surface area contributed by atoms with Gasteiger partial charge < -0.3 is 0 Å². The molecule has 1 unspecified atom stereocenters. The monoisotopic (exact) mass is 206 g/mol. The molecule has 68 valence electrons. The largest absolute Gasteiger partial charge is 0.248 e. The normalized spacial score (nSPS) is 16.5. The standard InChI is InChI=1S/C5H9ClF2O2S/c1-4(5(2,7)8)3-11(6,9)10/h4H,3H2,1-2H3. The topological polar surface area (TPSA) is 34.1 Å². The summed E-state index contributed by atoms with van der Waals surface area (Å²) in [6.45, 7) is 1.81. The maximum atomic E-state index is 12.3. The van der Waals surface area contributed by atoms with Gasteiger partial charge in [0.1, 0.15) is 0 Å². The van der Waals surface area contributed by atoms with Gasteiger partial charge in [0.05, 0.1) is 5.75 Å². The van der Waals surface area contributed by atoms with Crippen LogP contribution in [0.3, 0.4) is 0 Å². The Morgan fingerprint density at radius 1 is 1.55 bits per heavy atom. The van der Waals surface area contributed by atoms with E-state index < -0.39 is 26.6 Å². The minimum Gasteiger partial charge on any atom is -0.212 e.